The van der Waals surface area contributed by atoms with Gasteiger partial charge in [-0.1, -0.05) is 41.4 Å². The molecule has 1 aromatic heterocycles. The highest BCUT2D eigenvalue weighted by Crippen LogP contribution is 2.35. The van der Waals surface area contributed by atoms with Crippen LogP contribution in [0.4, 0.5) is 10.5 Å². The molecule has 9 heteroatoms. The van der Waals surface area contributed by atoms with E-state index in [0.717, 1.165) is 22.9 Å². The first-order chi connectivity index (χ1) is 14.8. The van der Waals surface area contributed by atoms with Gasteiger partial charge in [0.05, 0.1) is 16.4 Å². The Kier molecular flexibility index (Phi) is 5.67. The molecule has 2 amide bonds. The number of amides is 2. The Morgan fingerprint density at radius 1 is 1.13 bits per heavy atom. The summed E-state index contributed by atoms with van der Waals surface area (Å²) in [6.45, 7) is 2.16. The molecule has 156 valence electrons. The molecule has 2 aromatic carbocycles. The number of rotatable bonds is 5. The van der Waals surface area contributed by atoms with Crippen LogP contribution in [0.5, 0.6) is 0 Å². The van der Waals surface area contributed by atoms with Gasteiger partial charge in [0.1, 0.15) is 16.5 Å². The number of imide groups is 1. The number of halogens is 1. The van der Waals surface area contributed by atoms with Gasteiger partial charge in [-0.3, -0.25) is 24.6 Å². The van der Waals surface area contributed by atoms with Crippen LogP contribution in [0.3, 0.4) is 0 Å². The molecule has 31 heavy (non-hydrogen) atoms. The predicted molar refractivity (Wildman–Crippen MR) is 119 cm³/mol. The van der Waals surface area contributed by atoms with Crippen molar-refractivity contribution in [2.24, 2.45) is 0 Å². The second-order valence-corrected chi connectivity index (χ2v) is 8.28. The van der Waals surface area contributed by atoms with E-state index in [9.17, 15) is 19.7 Å². The molecule has 0 saturated carbocycles. The molecule has 0 aliphatic carbocycles. The summed E-state index contributed by atoms with van der Waals surface area (Å²) in [6.07, 6.45) is 1.49. The number of aryl methyl sites for hydroxylation is 1. The maximum Gasteiger partial charge on any atom is 0.293 e. The maximum absolute atomic E-state index is 12.7. The average Bonchev–Trinajstić information content (AvgIpc) is 3.30. The molecular formula is C22H15ClN2O5S. The van der Waals surface area contributed by atoms with E-state index in [4.69, 9.17) is 16.0 Å². The molecule has 0 bridgehead atoms. The summed E-state index contributed by atoms with van der Waals surface area (Å²) in [5, 5.41) is 10.8. The van der Waals surface area contributed by atoms with Crippen molar-refractivity contribution in [1.82, 2.24) is 4.90 Å². The van der Waals surface area contributed by atoms with E-state index in [-0.39, 0.29) is 27.4 Å². The Balaban J connectivity index is 1.55. The number of nitro benzene ring substituents is 1. The molecule has 1 aliphatic heterocycles. The maximum atomic E-state index is 12.7. The standard InChI is InChI=1S/C22H15ClN2O5S/c1-13-2-4-14(5-3-13)12-24-21(26)20(31-22(24)27)11-16-7-9-19(30-16)15-6-8-17(23)18(10-15)25(28)29/h2-11H,12H2,1H3/b20-11+. The van der Waals surface area contributed by atoms with E-state index in [1.54, 1.807) is 18.2 Å². The van der Waals surface area contributed by atoms with Crippen LogP contribution in [0.1, 0.15) is 16.9 Å². The lowest BCUT2D eigenvalue weighted by atomic mass is 10.1. The third kappa shape index (κ3) is 4.40. The molecule has 1 fully saturated rings. The van der Waals surface area contributed by atoms with E-state index in [0.29, 0.717) is 17.1 Å². The Labute approximate surface area is 186 Å². The van der Waals surface area contributed by atoms with Crippen molar-refractivity contribution in [2.75, 3.05) is 0 Å². The van der Waals surface area contributed by atoms with E-state index >= 15 is 0 Å². The lowest BCUT2D eigenvalue weighted by Gasteiger charge is -2.12. The van der Waals surface area contributed by atoms with Crippen molar-refractivity contribution in [1.29, 1.82) is 0 Å². The first-order valence-corrected chi connectivity index (χ1v) is 10.4. The third-order valence-corrected chi connectivity index (χ3v) is 5.89. The van der Waals surface area contributed by atoms with Crippen LogP contribution in [0.2, 0.25) is 5.02 Å². The normalized spacial score (nSPS) is 15.2. The van der Waals surface area contributed by atoms with Gasteiger partial charge in [0, 0.05) is 17.7 Å². The molecule has 0 spiro atoms. The number of benzene rings is 2. The number of nitrogens with zero attached hydrogens (tertiary/aromatic N) is 2. The fraction of sp³-hybridized carbons (Fsp3) is 0.0909. The lowest BCUT2D eigenvalue weighted by Crippen LogP contribution is -2.27. The summed E-state index contributed by atoms with van der Waals surface area (Å²) < 4.78 is 5.72. The van der Waals surface area contributed by atoms with Crippen molar-refractivity contribution in [3.05, 3.63) is 91.5 Å². The lowest BCUT2D eigenvalue weighted by molar-refractivity contribution is -0.384. The highest BCUT2D eigenvalue weighted by molar-refractivity contribution is 8.18. The molecule has 2 heterocycles. The third-order valence-electron chi connectivity index (χ3n) is 4.66. The zero-order valence-corrected chi connectivity index (χ0v) is 17.8. The fourth-order valence-corrected chi connectivity index (χ4v) is 4.04. The summed E-state index contributed by atoms with van der Waals surface area (Å²) >= 11 is 6.69. The summed E-state index contributed by atoms with van der Waals surface area (Å²) in [6, 6.07) is 15.2. The van der Waals surface area contributed by atoms with Crippen LogP contribution in [0, 0.1) is 17.0 Å². The SMILES string of the molecule is Cc1ccc(CN2C(=O)S/C(=C/c3ccc(-c4ccc(Cl)c([N+](=O)[O-])c4)o3)C2=O)cc1. The monoisotopic (exact) mass is 454 g/mol. The number of carbonyl (C=O) groups is 2. The summed E-state index contributed by atoms with van der Waals surface area (Å²) in [4.78, 5) is 37.0. The van der Waals surface area contributed by atoms with Gasteiger partial charge in [0.2, 0.25) is 0 Å². The largest absolute Gasteiger partial charge is 0.457 e. The minimum Gasteiger partial charge on any atom is -0.457 e. The Bertz CT molecular complexity index is 1230. The van der Waals surface area contributed by atoms with Crippen LogP contribution in [0.25, 0.3) is 17.4 Å². The van der Waals surface area contributed by atoms with Gasteiger partial charge >= 0.3 is 0 Å². The molecule has 0 atom stereocenters. The van der Waals surface area contributed by atoms with Crippen LogP contribution < -0.4 is 0 Å². The van der Waals surface area contributed by atoms with Gasteiger partial charge in [-0.15, -0.1) is 0 Å². The molecule has 0 N–H and O–H groups in total. The molecule has 3 aromatic rings. The van der Waals surface area contributed by atoms with Crippen molar-refractivity contribution in [2.45, 2.75) is 13.5 Å². The zero-order chi connectivity index (χ0) is 22.1. The Hall–Kier alpha value is -3.36. The first kappa shape index (κ1) is 20.9. The second kappa shape index (κ2) is 8.41. The van der Waals surface area contributed by atoms with Crippen molar-refractivity contribution >= 4 is 46.3 Å². The number of nitro groups is 1. The molecule has 1 aliphatic rings. The van der Waals surface area contributed by atoms with Gasteiger partial charge in [-0.2, -0.15) is 0 Å². The van der Waals surface area contributed by atoms with Gasteiger partial charge in [0.25, 0.3) is 16.8 Å². The van der Waals surface area contributed by atoms with Crippen LogP contribution in [-0.2, 0) is 11.3 Å². The minimum atomic E-state index is -0.570. The number of furan rings is 1. The highest BCUT2D eigenvalue weighted by atomic mass is 35.5. The average molecular weight is 455 g/mol. The quantitative estimate of drug-likeness (QED) is 0.264. The van der Waals surface area contributed by atoms with Crippen molar-refractivity contribution in [3.8, 4) is 11.3 Å². The van der Waals surface area contributed by atoms with Gasteiger partial charge < -0.3 is 4.42 Å². The van der Waals surface area contributed by atoms with Crippen LogP contribution in [0.15, 0.2) is 63.9 Å². The van der Waals surface area contributed by atoms with Gasteiger partial charge in [-0.05, 0) is 48.5 Å². The zero-order valence-electron chi connectivity index (χ0n) is 16.2. The molecule has 1 saturated heterocycles. The summed E-state index contributed by atoms with van der Waals surface area (Å²) in [5.41, 5.74) is 2.20. The smallest absolute Gasteiger partial charge is 0.293 e. The predicted octanol–water partition coefficient (Wildman–Crippen LogP) is 6.05. The van der Waals surface area contributed by atoms with Gasteiger partial charge in [0.15, 0.2) is 0 Å². The van der Waals surface area contributed by atoms with E-state index in [2.05, 4.69) is 0 Å². The van der Waals surface area contributed by atoms with E-state index in [1.807, 2.05) is 31.2 Å². The molecule has 0 radical (unpaired) electrons. The number of carbonyl (C=O) groups excluding carboxylic acids is 2. The number of hydrogen-bond donors (Lipinski definition) is 0. The molecular weight excluding hydrogens is 440 g/mol. The van der Waals surface area contributed by atoms with E-state index in [1.165, 1.54) is 23.1 Å². The molecule has 7 nitrogen and oxygen atoms in total. The van der Waals surface area contributed by atoms with Crippen LogP contribution >= 0.6 is 23.4 Å². The molecule has 4 rings (SSSR count). The van der Waals surface area contributed by atoms with Crippen LogP contribution in [-0.4, -0.2) is 21.0 Å². The first-order valence-electron chi connectivity index (χ1n) is 9.17. The summed E-state index contributed by atoms with van der Waals surface area (Å²) in [5.74, 6) is 0.342. The number of thioether (sulfide) groups is 1. The fourth-order valence-electron chi connectivity index (χ4n) is 3.03. The molecule has 0 unspecified atom stereocenters. The van der Waals surface area contributed by atoms with Crippen molar-refractivity contribution in [3.63, 3.8) is 0 Å². The topological polar surface area (TPSA) is 93.7 Å². The Morgan fingerprint density at radius 2 is 1.87 bits per heavy atom. The summed E-state index contributed by atoms with van der Waals surface area (Å²) in [7, 11) is 0. The second-order valence-electron chi connectivity index (χ2n) is 6.88. The van der Waals surface area contributed by atoms with E-state index < -0.39 is 10.8 Å². The highest BCUT2D eigenvalue weighted by Gasteiger charge is 2.35. The van der Waals surface area contributed by atoms with Crippen molar-refractivity contribution < 1.29 is 18.9 Å². The minimum absolute atomic E-state index is 0.0304. The van der Waals surface area contributed by atoms with Gasteiger partial charge in [-0.25, -0.2) is 0 Å². The number of hydrogen-bond acceptors (Lipinski definition) is 6. The Morgan fingerprint density at radius 3 is 2.58 bits per heavy atom.